The molecule has 0 saturated heterocycles. The molecular formula is C14H24N2S. The zero-order chi connectivity index (χ0) is 12.3. The average molecular weight is 252 g/mol. The third kappa shape index (κ3) is 2.90. The first-order valence-electron chi connectivity index (χ1n) is 6.61. The van der Waals surface area contributed by atoms with E-state index >= 15 is 0 Å². The maximum atomic E-state index is 6.01. The van der Waals surface area contributed by atoms with Crippen LogP contribution in [0.5, 0.6) is 0 Å². The van der Waals surface area contributed by atoms with E-state index in [1.165, 1.54) is 30.6 Å². The van der Waals surface area contributed by atoms with Crippen molar-refractivity contribution < 1.29 is 0 Å². The third-order valence-electron chi connectivity index (χ3n) is 4.30. The second-order valence-electron chi connectivity index (χ2n) is 5.52. The molecule has 0 radical (unpaired) electrons. The molecule has 1 fully saturated rings. The van der Waals surface area contributed by atoms with E-state index in [0.717, 1.165) is 13.1 Å². The van der Waals surface area contributed by atoms with Crippen LogP contribution in [0.2, 0.25) is 0 Å². The normalized spacial score (nSPS) is 20.9. The van der Waals surface area contributed by atoms with Crippen molar-refractivity contribution in [1.29, 1.82) is 0 Å². The van der Waals surface area contributed by atoms with Crippen molar-refractivity contribution in [3.8, 4) is 0 Å². The van der Waals surface area contributed by atoms with Gasteiger partial charge in [0.15, 0.2) is 0 Å². The number of hydrogen-bond acceptors (Lipinski definition) is 3. The quantitative estimate of drug-likeness (QED) is 0.871. The van der Waals surface area contributed by atoms with E-state index in [0.29, 0.717) is 11.5 Å². The van der Waals surface area contributed by atoms with Gasteiger partial charge in [0.1, 0.15) is 0 Å². The van der Waals surface area contributed by atoms with Gasteiger partial charge in [-0.25, -0.2) is 0 Å². The lowest BCUT2D eigenvalue weighted by atomic mass is 9.85. The molecule has 1 atom stereocenters. The van der Waals surface area contributed by atoms with E-state index < -0.39 is 0 Å². The summed E-state index contributed by atoms with van der Waals surface area (Å²) in [5, 5.41) is 2.16. The Bertz CT molecular complexity index is 328. The summed E-state index contributed by atoms with van der Waals surface area (Å²) in [4.78, 5) is 3.93. The molecule has 3 heteroatoms. The minimum absolute atomic E-state index is 0.389. The van der Waals surface area contributed by atoms with Crippen LogP contribution in [0.1, 0.15) is 43.5 Å². The average Bonchev–Trinajstić information content (AvgIpc) is 2.99. The molecule has 2 rings (SSSR count). The molecule has 0 aromatic carbocycles. The lowest BCUT2D eigenvalue weighted by Gasteiger charge is -2.35. The van der Waals surface area contributed by atoms with Crippen LogP contribution in [0.15, 0.2) is 17.5 Å². The maximum Gasteiger partial charge on any atom is 0.0410 e. The predicted octanol–water partition coefficient (Wildman–Crippen LogP) is 3.26. The molecule has 2 N–H and O–H groups in total. The molecule has 1 aromatic heterocycles. The van der Waals surface area contributed by atoms with Crippen LogP contribution in [0.25, 0.3) is 0 Å². The van der Waals surface area contributed by atoms with Crippen LogP contribution in [-0.2, 0) is 0 Å². The van der Waals surface area contributed by atoms with Crippen LogP contribution in [0, 0.1) is 5.41 Å². The summed E-state index contributed by atoms with van der Waals surface area (Å²) in [7, 11) is 2.24. The van der Waals surface area contributed by atoms with Crippen molar-refractivity contribution in [2.45, 2.75) is 38.6 Å². The van der Waals surface area contributed by atoms with E-state index in [4.69, 9.17) is 5.73 Å². The Morgan fingerprint density at radius 2 is 2.18 bits per heavy atom. The summed E-state index contributed by atoms with van der Waals surface area (Å²) in [6.07, 6.45) is 5.34. The number of hydrogen-bond donors (Lipinski definition) is 1. The Hall–Kier alpha value is -0.380. The molecule has 1 aliphatic carbocycles. The number of nitrogens with two attached hydrogens (primary N) is 1. The topological polar surface area (TPSA) is 29.3 Å². The SMILES string of the molecule is CC(c1cccs1)N(C)CC1(CN)CCCC1. The van der Waals surface area contributed by atoms with Gasteiger partial charge in [-0.1, -0.05) is 18.9 Å². The summed E-state index contributed by atoms with van der Waals surface area (Å²) in [6, 6.07) is 4.88. The van der Waals surface area contributed by atoms with Crippen molar-refractivity contribution in [2.75, 3.05) is 20.1 Å². The second-order valence-corrected chi connectivity index (χ2v) is 6.50. The summed E-state index contributed by atoms with van der Waals surface area (Å²) in [5.41, 5.74) is 6.40. The molecule has 1 heterocycles. The Balaban J connectivity index is 1.98. The maximum absolute atomic E-state index is 6.01. The molecular weight excluding hydrogens is 228 g/mol. The minimum atomic E-state index is 0.389. The fraction of sp³-hybridized carbons (Fsp3) is 0.714. The van der Waals surface area contributed by atoms with Gasteiger partial charge in [0.2, 0.25) is 0 Å². The van der Waals surface area contributed by atoms with Gasteiger partial charge in [0.05, 0.1) is 0 Å². The first kappa shape index (κ1) is 13.1. The Morgan fingerprint density at radius 1 is 1.47 bits per heavy atom. The fourth-order valence-electron chi connectivity index (χ4n) is 2.96. The predicted molar refractivity (Wildman–Crippen MR) is 75.3 cm³/mol. The molecule has 96 valence electrons. The van der Waals surface area contributed by atoms with Gasteiger partial charge in [-0.05, 0) is 50.2 Å². The molecule has 0 spiro atoms. The van der Waals surface area contributed by atoms with Gasteiger partial charge in [0, 0.05) is 17.5 Å². The first-order chi connectivity index (χ1) is 8.17. The van der Waals surface area contributed by atoms with Gasteiger partial charge in [-0.15, -0.1) is 11.3 Å². The van der Waals surface area contributed by atoms with Gasteiger partial charge < -0.3 is 5.73 Å². The van der Waals surface area contributed by atoms with E-state index in [2.05, 4.69) is 36.4 Å². The zero-order valence-corrected chi connectivity index (χ0v) is 11.8. The molecule has 2 nitrogen and oxygen atoms in total. The monoisotopic (exact) mass is 252 g/mol. The van der Waals surface area contributed by atoms with E-state index in [1.54, 1.807) is 0 Å². The second kappa shape index (κ2) is 5.51. The Morgan fingerprint density at radius 3 is 2.71 bits per heavy atom. The molecule has 17 heavy (non-hydrogen) atoms. The zero-order valence-electron chi connectivity index (χ0n) is 11.0. The third-order valence-corrected chi connectivity index (χ3v) is 5.34. The van der Waals surface area contributed by atoms with Crippen molar-refractivity contribution in [3.63, 3.8) is 0 Å². The number of thiophene rings is 1. The van der Waals surface area contributed by atoms with Gasteiger partial charge in [0.25, 0.3) is 0 Å². The first-order valence-corrected chi connectivity index (χ1v) is 7.48. The fourth-order valence-corrected chi connectivity index (χ4v) is 3.81. The van der Waals surface area contributed by atoms with E-state index in [1.807, 2.05) is 11.3 Å². The minimum Gasteiger partial charge on any atom is -0.330 e. The molecule has 1 aromatic rings. The molecule has 0 bridgehead atoms. The Labute approximate surface area is 109 Å². The highest BCUT2D eigenvalue weighted by Crippen LogP contribution is 2.39. The summed E-state index contributed by atoms with van der Waals surface area (Å²) < 4.78 is 0. The molecule has 1 unspecified atom stereocenters. The van der Waals surface area contributed by atoms with Gasteiger partial charge >= 0.3 is 0 Å². The van der Waals surface area contributed by atoms with Crippen molar-refractivity contribution >= 4 is 11.3 Å². The van der Waals surface area contributed by atoms with Gasteiger partial charge in [-0.3, -0.25) is 4.90 Å². The highest BCUT2D eigenvalue weighted by molar-refractivity contribution is 7.10. The van der Waals surface area contributed by atoms with Crippen molar-refractivity contribution in [3.05, 3.63) is 22.4 Å². The summed E-state index contributed by atoms with van der Waals surface area (Å²) >= 11 is 1.85. The summed E-state index contributed by atoms with van der Waals surface area (Å²) in [5.74, 6) is 0. The van der Waals surface area contributed by atoms with Gasteiger partial charge in [-0.2, -0.15) is 0 Å². The standard InChI is InChI=1S/C14H24N2S/c1-12(13-6-5-9-17-13)16(2)11-14(10-15)7-3-4-8-14/h5-6,9,12H,3-4,7-8,10-11,15H2,1-2H3. The van der Waals surface area contributed by atoms with Crippen LogP contribution in [-0.4, -0.2) is 25.0 Å². The van der Waals surface area contributed by atoms with Crippen molar-refractivity contribution in [1.82, 2.24) is 4.90 Å². The summed E-state index contributed by atoms with van der Waals surface area (Å²) in [6.45, 7) is 4.28. The van der Waals surface area contributed by atoms with E-state index in [-0.39, 0.29) is 0 Å². The molecule has 1 saturated carbocycles. The molecule has 0 aliphatic heterocycles. The highest BCUT2D eigenvalue weighted by Gasteiger charge is 2.34. The van der Waals surface area contributed by atoms with Crippen LogP contribution in [0.3, 0.4) is 0 Å². The van der Waals surface area contributed by atoms with E-state index in [9.17, 15) is 0 Å². The highest BCUT2D eigenvalue weighted by atomic mass is 32.1. The smallest absolute Gasteiger partial charge is 0.0410 e. The largest absolute Gasteiger partial charge is 0.330 e. The van der Waals surface area contributed by atoms with Crippen LogP contribution in [0.4, 0.5) is 0 Å². The molecule has 0 amide bonds. The molecule has 1 aliphatic rings. The number of rotatable bonds is 5. The van der Waals surface area contributed by atoms with Crippen LogP contribution >= 0.6 is 11.3 Å². The number of nitrogens with zero attached hydrogens (tertiary/aromatic N) is 1. The van der Waals surface area contributed by atoms with Crippen molar-refractivity contribution in [2.24, 2.45) is 11.1 Å². The van der Waals surface area contributed by atoms with Crippen LogP contribution < -0.4 is 5.73 Å². The lowest BCUT2D eigenvalue weighted by Crippen LogP contribution is -2.40. The lowest BCUT2D eigenvalue weighted by molar-refractivity contribution is 0.151. The Kier molecular flexibility index (Phi) is 4.23.